The molecule has 19 heavy (non-hydrogen) atoms. The normalized spacial score (nSPS) is 10.5. The Balaban J connectivity index is 2.44. The van der Waals surface area contributed by atoms with Crippen molar-refractivity contribution >= 4 is 17.6 Å². The van der Waals surface area contributed by atoms with Gasteiger partial charge in [0.15, 0.2) is 0 Å². The largest absolute Gasteiger partial charge is 0.384 e. The van der Waals surface area contributed by atoms with E-state index in [9.17, 15) is 0 Å². The van der Waals surface area contributed by atoms with Gasteiger partial charge in [0.25, 0.3) is 0 Å². The molecular weight excluding hydrogens is 254 g/mol. The molecule has 0 fully saturated rings. The molecule has 0 aliphatic carbocycles. The highest BCUT2D eigenvalue weighted by Crippen LogP contribution is 2.32. The maximum absolute atomic E-state index is 7.71. The van der Waals surface area contributed by atoms with Gasteiger partial charge >= 0.3 is 0 Å². The SMILES string of the molecule is Cc1ccc(Sc2cc(C)nc(C)c2C(=N)N)cc1. The average Bonchev–Trinajstić information content (AvgIpc) is 2.30. The molecule has 1 aromatic carbocycles. The standard InChI is InChI=1S/C15H17N3S/c1-9-4-6-12(7-5-9)19-13-8-10(2)18-11(3)14(13)15(16)17/h4-8H,1-3H3,(H3,16,17). The van der Waals surface area contributed by atoms with E-state index in [1.807, 2.05) is 19.9 Å². The van der Waals surface area contributed by atoms with Crippen LogP contribution in [0.25, 0.3) is 0 Å². The number of hydrogen-bond donors (Lipinski definition) is 2. The fourth-order valence-electron chi connectivity index (χ4n) is 1.93. The van der Waals surface area contributed by atoms with E-state index >= 15 is 0 Å². The summed E-state index contributed by atoms with van der Waals surface area (Å²) in [5, 5.41) is 7.71. The summed E-state index contributed by atoms with van der Waals surface area (Å²) in [7, 11) is 0. The first-order chi connectivity index (χ1) is 8.97. The van der Waals surface area contributed by atoms with Crippen LogP contribution in [0.5, 0.6) is 0 Å². The van der Waals surface area contributed by atoms with E-state index in [2.05, 4.69) is 36.2 Å². The number of nitrogens with one attached hydrogen (secondary N) is 1. The van der Waals surface area contributed by atoms with Crippen molar-refractivity contribution in [3.05, 3.63) is 52.8 Å². The molecule has 1 aromatic heterocycles. The number of hydrogen-bond acceptors (Lipinski definition) is 3. The highest BCUT2D eigenvalue weighted by atomic mass is 32.2. The second-order valence-electron chi connectivity index (χ2n) is 4.55. The monoisotopic (exact) mass is 271 g/mol. The lowest BCUT2D eigenvalue weighted by molar-refractivity contribution is 1.07. The second-order valence-corrected chi connectivity index (χ2v) is 5.67. The first-order valence-corrected chi connectivity index (χ1v) is 6.86. The molecule has 0 bridgehead atoms. The topological polar surface area (TPSA) is 62.8 Å². The summed E-state index contributed by atoms with van der Waals surface area (Å²) in [5.74, 6) is 0.0691. The highest BCUT2D eigenvalue weighted by Gasteiger charge is 2.12. The number of aromatic nitrogens is 1. The molecule has 0 atom stereocenters. The number of aryl methyl sites for hydroxylation is 3. The molecule has 2 rings (SSSR count). The van der Waals surface area contributed by atoms with Crippen molar-refractivity contribution in [3.63, 3.8) is 0 Å². The molecule has 0 aliphatic heterocycles. The Morgan fingerprint density at radius 1 is 1.16 bits per heavy atom. The molecule has 0 spiro atoms. The zero-order valence-electron chi connectivity index (χ0n) is 11.3. The number of amidine groups is 1. The van der Waals surface area contributed by atoms with Crippen molar-refractivity contribution in [2.45, 2.75) is 30.6 Å². The molecule has 0 saturated heterocycles. The quantitative estimate of drug-likeness (QED) is 0.664. The van der Waals surface area contributed by atoms with Gasteiger partial charge in [-0.3, -0.25) is 10.4 Å². The number of rotatable bonds is 3. The smallest absolute Gasteiger partial charge is 0.125 e. The van der Waals surface area contributed by atoms with E-state index in [4.69, 9.17) is 11.1 Å². The first kappa shape index (κ1) is 13.6. The van der Waals surface area contributed by atoms with Gasteiger partial charge < -0.3 is 5.73 Å². The van der Waals surface area contributed by atoms with E-state index in [0.717, 1.165) is 26.7 Å². The molecule has 0 amide bonds. The third-order valence-corrected chi connectivity index (χ3v) is 3.86. The van der Waals surface area contributed by atoms with E-state index in [0.29, 0.717) is 0 Å². The summed E-state index contributed by atoms with van der Waals surface area (Å²) >= 11 is 1.62. The molecule has 0 aliphatic rings. The van der Waals surface area contributed by atoms with Crippen LogP contribution >= 0.6 is 11.8 Å². The molecule has 4 heteroatoms. The van der Waals surface area contributed by atoms with Gasteiger partial charge in [-0.15, -0.1) is 0 Å². The van der Waals surface area contributed by atoms with Crippen LogP contribution in [0.15, 0.2) is 40.1 Å². The summed E-state index contributed by atoms with van der Waals surface area (Å²) in [4.78, 5) is 6.50. The Kier molecular flexibility index (Phi) is 3.90. The van der Waals surface area contributed by atoms with E-state index in [-0.39, 0.29) is 5.84 Å². The maximum Gasteiger partial charge on any atom is 0.125 e. The van der Waals surface area contributed by atoms with Crippen LogP contribution in [0.3, 0.4) is 0 Å². The Morgan fingerprint density at radius 3 is 2.37 bits per heavy atom. The Bertz CT molecular complexity index is 618. The van der Waals surface area contributed by atoms with Crippen molar-refractivity contribution in [3.8, 4) is 0 Å². The molecule has 3 nitrogen and oxygen atoms in total. The molecule has 0 radical (unpaired) electrons. The molecule has 0 unspecified atom stereocenters. The number of nitrogen functional groups attached to an aromatic ring is 1. The van der Waals surface area contributed by atoms with E-state index < -0.39 is 0 Å². The zero-order valence-corrected chi connectivity index (χ0v) is 12.1. The Morgan fingerprint density at radius 2 is 1.79 bits per heavy atom. The first-order valence-electron chi connectivity index (χ1n) is 6.04. The molecule has 3 N–H and O–H groups in total. The number of benzene rings is 1. The third kappa shape index (κ3) is 3.15. The van der Waals surface area contributed by atoms with Crippen LogP contribution in [-0.2, 0) is 0 Å². The predicted octanol–water partition coefficient (Wildman–Crippen LogP) is 3.44. The van der Waals surface area contributed by atoms with Crippen molar-refractivity contribution < 1.29 is 0 Å². The van der Waals surface area contributed by atoms with Gasteiger partial charge in [-0.2, -0.15) is 0 Å². The molecule has 1 heterocycles. The lowest BCUT2D eigenvalue weighted by Crippen LogP contribution is -2.15. The molecule has 98 valence electrons. The van der Waals surface area contributed by atoms with Crippen LogP contribution in [0.2, 0.25) is 0 Å². The molecular formula is C15H17N3S. The summed E-state index contributed by atoms with van der Waals surface area (Å²) in [5.41, 5.74) is 9.39. The van der Waals surface area contributed by atoms with Crippen LogP contribution in [0.1, 0.15) is 22.5 Å². The molecule has 0 saturated carbocycles. The second kappa shape index (κ2) is 5.45. The minimum atomic E-state index is 0.0691. The summed E-state index contributed by atoms with van der Waals surface area (Å²) < 4.78 is 0. The third-order valence-electron chi connectivity index (χ3n) is 2.81. The van der Waals surface area contributed by atoms with Gasteiger partial charge in [0, 0.05) is 21.2 Å². The van der Waals surface area contributed by atoms with Crippen molar-refractivity contribution in [2.24, 2.45) is 5.73 Å². The number of nitrogens with two attached hydrogens (primary N) is 1. The van der Waals surface area contributed by atoms with Gasteiger partial charge in [0.1, 0.15) is 5.84 Å². The van der Waals surface area contributed by atoms with Crippen LogP contribution in [-0.4, -0.2) is 10.8 Å². The minimum absolute atomic E-state index is 0.0691. The van der Waals surface area contributed by atoms with Gasteiger partial charge in [-0.1, -0.05) is 29.5 Å². The van der Waals surface area contributed by atoms with Crippen molar-refractivity contribution in [1.82, 2.24) is 4.98 Å². The zero-order chi connectivity index (χ0) is 14.0. The summed E-state index contributed by atoms with van der Waals surface area (Å²) in [6.07, 6.45) is 0. The maximum atomic E-state index is 7.71. The molecule has 2 aromatic rings. The van der Waals surface area contributed by atoms with Gasteiger partial charge in [-0.25, -0.2) is 0 Å². The predicted molar refractivity (Wildman–Crippen MR) is 80.0 cm³/mol. The van der Waals surface area contributed by atoms with E-state index in [1.54, 1.807) is 11.8 Å². The lowest BCUT2D eigenvalue weighted by Gasteiger charge is -2.11. The Hall–Kier alpha value is -1.81. The van der Waals surface area contributed by atoms with Gasteiger partial charge in [-0.05, 0) is 39.0 Å². The number of pyridine rings is 1. The van der Waals surface area contributed by atoms with Crippen molar-refractivity contribution in [1.29, 1.82) is 5.41 Å². The van der Waals surface area contributed by atoms with Gasteiger partial charge in [0.2, 0.25) is 0 Å². The fourth-order valence-corrected chi connectivity index (χ4v) is 3.05. The Labute approximate surface area is 117 Å². The summed E-state index contributed by atoms with van der Waals surface area (Å²) in [6, 6.07) is 10.3. The minimum Gasteiger partial charge on any atom is -0.384 e. The number of nitrogens with zero attached hydrogens (tertiary/aromatic N) is 1. The lowest BCUT2D eigenvalue weighted by atomic mass is 10.1. The summed E-state index contributed by atoms with van der Waals surface area (Å²) in [6.45, 7) is 5.91. The average molecular weight is 271 g/mol. The fraction of sp³-hybridized carbons (Fsp3) is 0.200. The van der Waals surface area contributed by atoms with E-state index in [1.165, 1.54) is 5.56 Å². The van der Waals surface area contributed by atoms with Gasteiger partial charge in [0.05, 0.1) is 5.56 Å². The van der Waals surface area contributed by atoms with Crippen LogP contribution < -0.4 is 5.73 Å². The highest BCUT2D eigenvalue weighted by molar-refractivity contribution is 7.99. The van der Waals surface area contributed by atoms with Crippen LogP contribution in [0.4, 0.5) is 0 Å². The van der Waals surface area contributed by atoms with Crippen molar-refractivity contribution in [2.75, 3.05) is 0 Å². The van der Waals surface area contributed by atoms with Crippen LogP contribution in [0, 0.1) is 26.2 Å².